The van der Waals surface area contributed by atoms with E-state index in [0.29, 0.717) is 12.4 Å². The highest BCUT2D eigenvalue weighted by Crippen LogP contribution is 2.17. The Morgan fingerprint density at radius 2 is 2.17 bits per heavy atom. The molecule has 0 bridgehead atoms. The van der Waals surface area contributed by atoms with Gasteiger partial charge in [0.2, 0.25) is 0 Å². The van der Waals surface area contributed by atoms with Crippen molar-refractivity contribution in [2.75, 3.05) is 5.32 Å². The van der Waals surface area contributed by atoms with E-state index in [-0.39, 0.29) is 5.69 Å². The van der Waals surface area contributed by atoms with Gasteiger partial charge in [-0.3, -0.25) is 9.78 Å². The van der Waals surface area contributed by atoms with E-state index < -0.39 is 5.91 Å². The molecule has 0 aliphatic rings. The molecule has 0 aliphatic heterocycles. The monoisotopic (exact) mass is 263 g/mol. The molecule has 94 valence electrons. The molecule has 7 heteroatoms. The lowest BCUT2D eigenvalue weighted by molar-refractivity contribution is 0.0995. The van der Waals surface area contributed by atoms with Crippen molar-refractivity contribution in [1.82, 2.24) is 15.0 Å². The molecule has 2 rings (SSSR count). The third-order valence-corrected chi connectivity index (χ3v) is 3.25. The minimum Gasteiger partial charge on any atom is -0.364 e. The highest BCUT2D eigenvalue weighted by molar-refractivity contribution is 7.11. The minimum atomic E-state index is -0.591. The van der Waals surface area contributed by atoms with Crippen LogP contribution in [-0.2, 0) is 6.54 Å². The maximum atomic E-state index is 11.0. The predicted molar refractivity (Wildman–Crippen MR) is 69.5 cm³/mol. The Kier molecular flexibility index (Phi) is 3.52. The van der Waals surface area contributed by atoms with Crippen LogP contribution in [0.5, 0.6) is 0 Å². The summed E-state index contributed by atoms with van der Waals surface area (Å²) in [5.74, 6) is -0.0804. The van der Waals surface area contributed by atoms with Crippen LogP contribution in [0.1, 0.15) is 26.1 Å². The van der Waals surface area contributed by atoms with Gasteiger partial charge in [0.1, 0.15) is 11.5 Å². The number of carbonyl (C=O) groups excluding carboxylic acids is 1. The van der Waals surface area contributed by atoms with Crippen molar-refractivity contribution in [3.8, 4) is 0 Å². The van der Waals surface area contributed by atoms with Crippen LogP contribution >= 0.6 is 11.3 Å². The van der Waals surface area contributed by atoms with Gasteiger partial charge in [-0.25, -0.2) is 9.97 Å². The van der Waals surface area contributed by atoms with E-state index >= 15 is 0 Å². The molecule has 2 heterocycles. The fourth-order valence-electron chi connectivity index (χ4n) is 1.48. The molecule has 0 aliphatic carbocycles. The third-order valence-electron chi connectivity index (χ3n) is 2.32. The molecule has 0 radical (unpaired) electrons. The summed E-state index contributed by atoms with van der Waals surface area (Å²) in [5.41, 5.74) is 6.26. The number of nitrogens with two attached hydrogens (primary N) is 1. The SMILES string of the molecule is Cc1nc(CNc2cncc(C(N)=O)n2)c(C)s1. The van der Waals surface area contributed by atoms with E-state index in [4.69, 9.17) is 5.73 Å². The predicted octanol–water partition coefficient (Wildman–Crippen LogP) is 1.26. The maximum Gasteiger partial charge on any atom is 0.268 e. The summed E-state index contributed by atoms with van der Waals surface area (Å²) in [5, 5.41) is 4.10. The topological polar surface area (TPSA) is 93.8 Å². The zero-order valence-corrected chi connectivity index (χ0v) is 10.9. The largest absolute Gasteiger partial charge is 0.364 e. The van der Waals surface area contributed by atoms with Gasteiger partial charge in [-0.1, -0.05) is 0 Å². The first kappa shape index (κ1) is 12.4. The number of anilines is 1. The van der Waals surface area contributed by atoms with E-state index in [1.54, 1.807) is 17.5 Å². The molecule has 0 spiro atoms. The molecule has 6 nitrogen and oxygen atoms in total. The van der Waals surface area contributed by atoms with Gasteiger partial charge >= 0.3 is 0 Å². The summed E-state index contributed by atoms with van der Waals surface area (Å²) in [6.45, 7) is 4.54. The Balaban J connectivity index is 2.08. The molecule has 0 saturated heterocycles. The van der Waals surface area contributed by atoms with Crippen molar-refractivity contribution in [2.24, 2.45) is 5.73 Å². The normalized spacial score (nSPS) is 10.3. The standard InChI is InChI=1S/C11H13N5OS/c1-6-8(15-7(2)18-6)4-14-10-5-13-3-9(16-10)11(12)17/h3,5H,4H2,1-2H3,(H2,12,17)(H,14,16). The van der Waals surface area contributed by atoms with Gasteiger partial charge in [0, 0.05) is 4.88 Å². The van der Waals surface area contributed by atoms with E-state index in [1.807, 2.05) is 13.8 Å². The number of aryl methyl sites for hydroxylation is 2. The van der Waals surface area contributed by atoms with Gasteiger partial charge < -0.3 is 11.1 Å². The van der Waals surface area contributed by atoms with E-state index in [1.165, 1.54) is 11.1 Å². The molecular weight excluding hydrogens is 250 g/mol. The van der Waals surface area contributed by atoms with Crippen LogP contribution in [0.25, 0.3) is 0 Å². The Bertz CT molecular complexity index is 581. The molecule has 0 atom stereocenters. The number of nitrogens with zero attached hydrogens (tertiary/aromatic N) is 3. The van der Waals surface area contributed by atoms with E-state index in [2.05, 4.69) is 20.3 Å². The summed E-state index contributed by atoms with van der Waals surface area (Å²) in [6.07, 6.45) is 2.88. The summed E-state index contributed by atoms with van der Waals surface area (Å²) in [6, 6.07) is 0. The lowest BCUT2D eigenvalue weighted by Gasteiger charge is -2.04. The Hall–Kier alpha value is -2.02. The van der Waals surface area contributed by atoms with Crippen molar-refractivity contribution in [1.29, 1.82) is 0 Å². The van der Waals surface area contributed by atoms with E-state index in [0.717, 1.165) is 10.7 Å². The second-order valence-corrected chi connectivity index (χ2v) is 5.15. The van der Waals surface area contributed by atoms with Crippen LogP contribution in [0.3, 0.4) is 0 Å². The summed E-state index contributed by atoms with van der Waals surface area (Å²) in [7, 11) is 0. The highest BCUT2D eigenvalue weighted by atomic mass is 32.1. The van der Waals surface area contributed by atoms with Crippen LogP contribution in [-0.4, -0.2) is 20.9 Å². The Morgan fingerprint density at radius 1 is 1.39 bits per heavy atom. The van der Waals surface area contributed by atoms with E-state index in [9.17, 15) is 4.79 Å². The molecule has 2 aromatic heterocycles. The first-order valence-corrected chi connectivity index (χ1v) is 6.16. The zero-order chi connectivity index (χ0) is 13.1. The fourth-order valence-corrected chi connectivity index (χ4v) is 2.31. The third kappa shape index (κ3) is 2.80. The average Bonchev–Trinajstić information content (AvgIpc) is 2.65. The zero-order valence-electron chi connectivity index (χ0n) is 10.1. The number of carbonyl (C=O) groups is 1. The van der Waals surface area contributed by atoms with Crippen molar-refractivity contribution < 1.29 is 4.79 Å². The van der Waals surface area contributed by atoms with Gasteiger partial charge in [-0.2, -0.15) is 0 Å². The summed E-state index contributed by atoms with van der Waals surface area (Å²) in [4.78, 5) is 24.5. The van der Waals surface area contributed by atoms with Gasteiger partial charge in [0.25, 0.3) is 5.91 Å². The lowest BCUT2D eigenvalue weighted by atomic mass is 10.4. The number of thiazole rings is 1. The maximum absolute atomic E-state index is 11.0. The molecule has 18 heavy (non-hydrogen) atoms. The molecule has 1 amide bonds. The number of hydrogen-bond acceptors (Lipinski definition) is 6. The van der Waals surface area contributed by atoms with Gasteiger partial charge in [0.15, 0.2) is 0 Å². The summed E-state index contributed by atoms with van der Waals surface area (Å²) < 4.78 is 0. The molecule has 0 unspecified atom stereocenters. The minimum absolute atomic E-state index is 0.145. The van der Waals surface area contributed by atoms with Crippen molar-refractivity contribution in [3.63, 3.8) is 0 Å². The Morgan fingerprint density at radius 3 is 2.78 bits per heavy atom. The molecule has 2 aromatic rings. The van der Waals surface area contributed by atoms with Gasteiger partial charge in [0.05, 0.1) is 29.6 Å². The van der Waals surface area contributed by atoms with Crippen LogP contribution in [0, 0.1) is 13.8 Å². The number of hydrogen-bond donors (Lipinski definition) is 2. The quantitative estimate of drug-likeness (QED) is 0.866. The Labute approximate surface area is 108 Å². The molecule has 3 N–H and O–H groups in total. The average molecular weight is 263 g/mol. The second-order valence-electron chi connectivity index (χ2n) is 3.74. The number of primary amides is 1. The van der Waals surface area contributed by atoms with Gasteiger partial charge in [-0.05, 0) is 13.8 Å². The smallest absolute Gasteiger partial charge is 0.268 e. The summed E-state index contributed by atoms with van der Waals surface area (Å²) >= 11 is 1.65. The van der Waals surface area contributed by atoms with Gasteiger partial charge in [-0.15, -0.1) is 11.3 Å². The molecule has 0 fully saturated rings. The van der Waals surface area contributed by atoms with Crippen LogP contribution in [0.4, 0.5) is 5.82 Å². The molecular formula is C11H13N5OS. The van der Waals surface area contributed by atoms with Crippen molar-refractivity contribution >= 4 is 23.1 Å². The molecule has 0 aromatic carbocycles. The number of rotatable bonds is 4. The van der Waals surface area contributed by atoms with Crippen LogP contribution in [0.15, 0.2) is 12.4 Å². The van der Waals surface area contributed by atoms with Crippen LogP contribution < -0.4 is 11.1 Å². The number of aromatic nitrogens is 3. The first-order chi connectivity index (χ1) is 8.56. The van der Waals surface area contributed by atoms with Crippen molar-refractivity contribution in [2.45, 2.75) is 20.4 Å². The van der Waals surface area contributed by atoms with Crippen molar-refractivity contribution in [3.05, 3.63) is 33.7 Å². The molecule has 0 saturated carbocycles. The fraction of sp³-hybridized carbons (Fsp3) is 0.273. The second kappa shape index (κ2) is 5.09. The highest BCUT2D eigenvalue weighted by Gasteiger charge is 2.07. The lowest BCUT2D eigenvalue weighted by Crippen LogP contribution is -2.14. The number of amides is 1. The number of nitrogens with one attached hydrogen (secondary N) is 1. The first-order valence-electron chi connectivity index (χ1n) is 5.35. The van der Waals surface area contributed by atoms with Crippen LogP contribution in [0.2, 0.25) is 0 Å².